The maximum absolute atomic E-state index is 12.8. The Bertz CT molecular complexity index is 1110. The van der Waals surface area contributed by atoms with E-state index in [1.807, 2.05) is 17.9 Å². The second-order valence-electron chi connectivity index (χ2n) is 7.95. The second kappa shape index (κ2) is 8.15. The molecule has 8 heteroatoms. The minimum Gasteiger partial charge on any atom is -0.326 e. The number of halogens is 1. The molecule has 30 heavy (non-hydrogen) atoms. The van der Waals surface area contributed by atoms with Crippen molar-refractivity contribution in [2.24, 2.45) is 5.92 Å². The molecule has 1 N–H and O–H groups in total. The predicted octanol–water partition coefficient (Wildman–Crippen LogP) is 3.94. The van der Waals surface area contributed by atoms with Crippen molar-refractivity contribution in [3.8, 4) is 0 Å². The summed E-state index contributed by atoms with van der Waals surface area (Å²) in [5.41, 5.74) is 2.29. The molecule has 1 saturated carbocycles. The van der Waals surface area contributed by atoms with Crippen LogP contribution in [0.2, 0.25) is 0 Å². The Labute approximate surface area is 184 Å². The Morgan fingerprint density at radius 1 is 1.17 bits per heavy atom. The number of nitrogens with zero attached hydrogens (tertiary/aromatic N) is 1. The molecule has 4 rings (SSSR count). The van der Waals surface area contributed by atoms with Gasteiger partial charge < -0.3 is 10.2 Å². The topological polar surface area (TPSA) is 83.6 Å². The van der Waals surface area contributed by atoms with Crippen LogP contribution in [0.3, 0.4) is 0 Å². The van der Waals surface area contributed by atoms with Crippen LogP contribution in [0.5, 0.6) is 0 Å². The number of hydrogen-bond donors (Lipinski definition) is 1. The van der Waals surface area contributed by atoms with Gasteiger partial charge in [-0.1, -0.05) is 22.0 Å². The molecule has 1 aliphatic heterocycles. The average Bonchev–Trinajstić information content (AvgIpc) is 3.48. The van der Waals surface area contributed by atoms with Gasteiger partial charge in [-0.15, -0.1) is 0 Å². The van der Waals surface area contributed by atoms with Gasteiger partial charge in [0.05, 0.1) is 10.6 Å². The summed E-state index contributed by atoms with van der Waals surface area (Å²) in [6.45, 7) is 1.99. The first-order valence-corrected chi connectivity index (χ1v) is 12.4. The van der Waals surface area contributed by atoms with Gasteiger partial charge in [0.25, 0.3) is 0 Å². The molecule has 6 nitrogen and oxygen atoms in total. The van der Waals surface area contributed by atoms with E-state index in [0.717, 1.165) is 28.6 Å². The summed E-state index contributed by atoms with van der Waals surface area (Å²) < 4.78 is 26.4. The molecule has 0 spiro atoms. The van der Waals surface area contributed by atoms with Gasteiger partial charge in [-0.2, -0.15) is 0 Å². The standard InChI is InChI=1S/C22H23BrN2O4S/c1-14-11-16-12-19(7-8-20(16)25(14)22(27)15-5-6-15)30(28,29)10-9-21(26)24-18-4-2-3-17(23)13-18/h2-4,7-8,12-15H,5-6,9-11H2,1H3,(H,24,26)/t14-/m1/s1. The van der Waals surface area contributed by atoms with E-state index in [0.29, 0.717) is 12.1 Å². The Morgan fingerprint density at radius 2 is 1.93 bits per heavy atom. The van der Waals surface area contributed by atoms with Crippen molar-refractivity contribution in [1.82, 2.24) is 0 Å². The number of carbonyl (C=O) groups is 2. The summed E-state index contributed by atoms with van der Waals surface area (Å²) >= 11 is 3.33. The van der Waals surface area contributed by atoms with Gasteiger partial charge in [0.1, 0.15) is 0 Å². The lowest BCUT2D eigenvalue weighted by atomic mass is 10.1. The second-order valence-corrected chi connectivity index (χ2v) is 11.0. The van der Waals surface area contributed by atoms with Crippen molar-refractivity contribution in [2.45, 2.75) is 43.5 Å². The SMILES string of the molecule is C[C@@H]1Cc2cc(S(=O)(=O)CCC(=O)Nc3cccc(Br)c3)ccc2N1C(=O)C1CC1. The fourth-order valence-electron chi connectivity index (χ4n) is 3.80. The summed E-state index contributed by atoms with van der Waals surface area (Å²) in [7, 11) is -3.61. The summed E-state index contributed by atoms with van der Waals surface area (Å²) in [5.74, 6) is -0.370. The number of benzene rings is 2. The number of amides is 2. The molecule has 0 saturated heterocycles. The van der Waals surface area contributed by atoms with Gasteiger partial charge >= 0.3 is 0 Å². The van der Waals surface area contributed by atoms with Crippen LogP contribution in [0.1, 0.15) is 31.7 Å². The Balaban J connectivity index is 1.44. The molecule has 0 radical (unpaired) electrons. The molecular formula is C22H23BrN2O4S. The monoisotopic (exact) mass is 490 g/mol. The van der Waals surface area contributed by atoms with Crippen LogP contribution in [0, 0.1) is 5.92 Å². The van der Waals surface area contributed by atoms with Gasteiger partial charge in [-0.3, -0.25) is 9.59 Å². The van der Waals surface area contributed by atoms with Crippen molar-refractivity contribution in [1.29, 1.82) is 0 Å². The largest absolute Gasteiger partial charge is 0.326 e. The Kier molecular flexibility index (Phi) is 5.72. The van der Waals surface area contributed by atoms with Gasteiger partial charge in [-0.25, -0.2) is 8.42 Å². The van der Waals surface area contributed by atoms with Crippen LogP contribution in [-0.2, 0) is 25.8 Å². The Morgan fingerprint density at radius 3 is 2.63 bits per heavy atom. The van der Waals surface area contributed by atoms with E-state index in [4.69, 9.17) is 0 Å². The fraction of sp³-hybridized carbons (Fsp3) is 0.364. The van der Waals surface area contributed by atoms with E-state index in [9.17, 15) is 18.0 Å². The number of carbonyl (C=O) groups excluding carboxylic acids is 2. The van der Waals surface area contributed by atoms with E-state index in [-0.39, 0.29) is 40.8 Å². The van der Waals surface area contributed by atoms with Gasteiger partial charge in [0.15, 0.2) is 9.84 Å². The molecule has 0 aromatic heterocycles. The predicted molar refractivity (Wildman–Crippen MR) is 119 cm³/mol. The number of hydrogen-bond acceptors (Lipinski definition) is 4. The molecule has 1 fully saturated rings. The van der Waals surface area contributed by atoms with E-state index >= 15 is 0 Å². The number of sulfone groups is 1. The first kappa shape index (κ1) is 21.1. The quantitative estimate of drug-likeness (QED) is 0.664. The van der Waals surface area contributed by atoms with Crippen molar-refractivity contribution < 1.29 is 18.0 Å². The third-order valence-corrected chi connectivity index (χ3v) is 7.70. The number of anilines is 2. The average molecular weight is 491 g/mol. The minimum atomic E-state index is -3.61. The molecular weight excluding hydrogens is 468 g/mol. The molecule has 158 valence electrons. The third-order valence-electron chi connectivity index (χ3n) is 5.50. The molecule has 0 bridgehead atoms. The van der Waals surface area contributed by atoms with Crippen LogP contribution >= 0.6 is 15.9 Å². The molecule has 1 heterocycles. The maximum atomic E-state index is 12.8. The van der Waals surface area contributed by atoms with Crippen molar-refractivity contribution in [3.05, 3.63) is 52.5 Å². The van der Waals surface area contributed by atoms with Crippen LogP contribution in [0.25, 0.3) is 0 Å². The highest BCUT2D eigenvalue weighted by Gasteiger charge is 2.39. The highest BCUT2D eigenvalue weighted by atomic mass is 79.9. The molecule has 2 amide bonds. The molecule has 1 atom stereocenters. The van der Waals surface area contributed by atoms with Crippen LogP contribution in [-0.4, -0.2) is 32.0 Å². The van der Waals surface area contributed by atoms with Gasteiger partial charge in [0.2, 0.25) is 11.8 Å². The number of nitrogens with one attached hydrogen (secondary N) is 1. The fourth-order valence-corrected chi connectivity index (χ4v) is 5.48. The molecule has 2 aromatic rings. The van der Waals surface area contributed by atoms with Crippen LogP contribution in [0.4, 0.5) is 11.4 Å². The van der Waals surface area contributed by atoms with E-state index in [1.54, 1.807) is 36.4 Å². The third kappa shape index (κ3) is 4.44. The summed E-state index contributed by atoms with van der Waals surface area (Å²) in [6, 6.07) is 12.1. The molecule has 1 aliphatic carbocycles. The lowest BCUT2D eigenvalue weighted by molar-refractivity contribution is -0.120. The summed E-state index contributed by atoms with van der Waals surface area (Å²) in [4.78, 5) is 26.8. The smallest absolute Gasteiger partial charge is 0.230 e. The van der Waals surface area contributed by atoms with Crippen LogP contribution in [0.15, 0.2) is 51.8 Å². The zero-order valence-electron chi connectivity index (χ0n) is 16.6. The first-order chi connectivity index (χ1) is 14.2. The molecule has 2 aromatic carbocycles. The highest BCUT2D eigenvalue weighted by Crippen LogP contribution is 2.39. The summed E-state index contributed by atoms with van der Waals surface area (Å²) in [6.07, 6.45) is 2.38. The number of rotatable bonds is 6. The van der Waals surface area contributed by atoms with Gasteiger partial charge in [-0.05, 0) is 68.1 Å². The number of fused-ring (bicyclic) bond motifs is 1. The maximum Gasteiger partial charge on any atom is 0.230 e. The lowest BCUT2D eigenvalue weighted by Gasteiger charge is -2.22. The molecule has 2 aliphatic rings. The van der Waals surface area contributed by atoms with Crippen molar-refractivity contribution in [3.63, 3.8) is 0 Å². The normalized spacial score (nSPS) is 18.2. The van der Waals surface area contributed by atoms with Gasteiger partial charge in [0, 0.05) is 34.2 Å². The van der Waals surface area contributed by atoms with Crippen molar-refractivity contribution in [2.75, 3.05) is 16.0 Å². The van der Waals surface area contributed by atoms with Crippen molar-refractivity contribution >= 4 is 49.0 Å². The van der Waals surface area contributed by atoms with E-state index < -0.39 is 9.84 Å². The van der Waals surface area contributed by atoms with E-state index in [2.05, 4.69) is 21.2 Å². The lowest BCUT2D eigenvalue weighted by Crippen LogP contribution is -2.36. The highest BCUT2D eigenvalue weighted by molar-refractivity contribution is 9.10. The van der Waals surface area contributed by atoms with Crippen LogP contribution < -0.4 is 10.2 Å². The Hall–Kier alpha value is -2.19. The first-order valence-electron chi connectivity index (χ1n) is 9.99. The zero-order chi connectivity index (χ0) is 21.5. The van der Waals surface area contributed by atoms with E-state index in [1.165, 1.54) is 0 Å². The zero-order valence-corrected chi connectivity index (χ0v) is 19.0. The summed E-state index contributed by atoms with van der Waals surface area (Å²) in [5, 5.41) is 2.71. The molecule has 0 unspecified atom stereocenters. The minimum absolute atomic E-state index is 0.0297.